The molecule has 1 aromatic heterocycles. The van der Waals surface area contributed by atoms with Crippen molar-refractivity contribution in [1.29, 1.82) is 5.26 Å². The number of nitriles is 1. The van der Waals surface area contributed by atoms with Crippen molar-refractivity contribution in [2.24, 2.45) is 0 Å². The summed E-state index contributed by atoms with van der Waals surface area (Å²) >= 11 is 1.39. The monoisotopic (exact) mass is 226 g/mol. The Hall–Kier alpha value is -1.06. The zero-order valence-electron chi connectivity index (χ0n) is 9.02. The van der Waals surface area contributed by atoms with E-state index in [2.05, 4.69) is 21.6 Å². The molecule has 1 atom stereocenters. The second-order valence-corrected chi connectivity index (χ2v) is 4.37. The Labute approximate surface area is 93.3 Å². The Kier molecular flexibility index (Phi) is 4.59. The molecule has 1 heterocycles. The molecule has 15 heavy (non-hydrogen) atoms. The lowest BCUT2D eigenvalue weighted by atomic mass is 10.3. The Bertz CT molecular complexity index is 344. The van der Waals surface area contributed by atoms with E-state index in [0.29, 0.717) is 22.9 Å². The van der Waals surface area contributed by atoms with Gasteiger partial charge in [-0.15, -0.1) is 10.2 Å². The number of rotatable bonds is 5. The van der Waals surface area contributed by atoms with Crippen molar-refractivity contribution in [3.8, 4) is 6.07 Å². The molecule has 0 saturated carbocycles. The fraction of sp³-hybridized carbons (Fsp3) is 0.667. The summed E-state index contributed by atoms with van der Waals surface area (Å²) in [5.74, 6) is 1.15. The van der Waals surface area contributed by atoms with E-state index in [1.54, 1.807) is 6.92 Å². The average Bonchev–Trinajstić information content (AvgIpc) is 2.58. The second-order valence-electron chi connectivity index (χ2n) is 3.40. The first-order valence-corrected chi connectivity index (χ1v) is 5.69. The summed E-state index contributed by atoms with van der Waals surface area (Å²) in [5, 5.41) is 20.1. The fourth-order valence-electron chi connectivity index (χ4n) is 1.02. The molecule has 0 amide bonds. The highest BCUT2D eigenvalue weighted by Crippen LogP contribution is 2.16. The third-order valence-corrected chi connectivity index (χ3v) is 2.48. The minimum Gasteiger partial charge on any atom is -0.416 e. The van der Waals surface area contributed by atoms with Crippen LogP contribution in [0.15, 0.2) is 9.64 Å². The zero-order valence-corrected chi connectivity index (χ0v) is 9.84. The van der Waals surface area contributed by atoms with Crippen molar-refractivity contribution >= 4 is 11.8 Å². The molecule has 5 nitrogen and oxygen atoms in total. The van der Waals surface area contributed by atoms with E-state index in [1.807, 2.05) is 13.8 Å². The second kappa shape index (κ2) is 5.73. The number of hydrogen-bond acceptors (Lipinski definition) is 6. The maximum absolute atomic E-state index is 8.87. The van der Waals surface area contributed by atoms with E-state index >= 15 is 0 Å². The van der Waals surface area contributed by atoms with Crippen LogP contribution in [-0.4, -0.2) is 28.0 Å². The van der Waals surface area contributed by atoms with Gasteiger partial charge in [-0.1, -0.05) is 11.8 Å². The van der Waals surface area contributed by atoms with Gasteiger partial charge in [0.1, 0.15) is 6.04 Å². The van der Waals surface area contributed by atoms with Crippen LogP contribution in [0.4, 0.5) is 0 Å². The number of aromatic nitrogens is 2. The minimum atomic E-state index is -0.192. The molecule has 0 fully saturated rings. The minimum absolute atomic E-state index is 0.192. The first-order chi connectivity index (χ1) is 7.11. The average molecular weight is 226 g/mol. The molecule has 1 N–H and O–H groups in total. The number of nitrogens with one attached hydrogen (secondary N) is 1. The van der Waals surface area contributed by atoms with Gasteiger partial charge in [0.2, 0.25) is 5.89 Å². The van der Waals surface area contributed by atoms with Crippen molar-refractivity contribution < 1.29 is 4.42 Å². The molecule has 1 unspecified atom stereocenters. The topological polar surface area (TPSA) is 74.7 Å². The van der Waals surface area contributed by atoms with Crippen LogP contribution in [0.25, 0.3) is 0 Å². The molecule has 0 bridgehead atoms. The summed E-state index contributed by atoms with van der Waals surface area (Å²) in [6, 6.07) is 2.29. The van der Waals surface area contributed by atoms with Crippen LogP contribution < -0.4 is 5.32 Å². The van der Waals surface area contributed by atoms with Crippen molar-refractivity contribution in [1.82, 2.24) is 15.5 Å². The van der Waals surface area contributed by atoms with Crippen LogP contribution in [0, 0.1) is 18.3 Å². The van der Waals surface area contributed by atoms with Crippen molar-refractivity contribution in [2.75, 3.05) is 5.75 Å². The quantitative estimate of drug-likeness (QED) is 0.764. The van der Waals surface area contributed by atoms with Crippen LogP contribution >= 0.6 is 11.8 Å². The summed E-state index contributed by atoms with van der Waals surface area (Å²) in [6.45, 7) is 5.75. The first-order valence-electron chi connectivity index (χ1n) is 4.70. The predicted molar refractivity (Wildman–Crippen MR) is 57.4 cm³/mol. The highest BCUT2D eigenvalue weighted by Gasteiger charge is 2.11. The van der Waals surface area contributed by atoms with E-state index in [4.69, 9.17) is 9.68 Å². The van der Waals surface area contributed by atoms with E-state index < -0.39 is 0 Å². The molecular weight excluding hydrogens is 212 g/mol. The van der Waals surface area contributed by atoms with E-state index in [-0.39, 0.29) is 6.04 Å². The van der Waals surface area contributed by atoms with Crippen LogP contribution in [0.2, 0.25) is 0 Å². The maximum atomic E-state index is 8.87. The number of hydrogen-bond donors (Lipinski definition) is 1. The standard InChI is InChI=1S/C9H14N4OS/c1-6(2)11-8(4-10)5-15-9-13-12-7(3)14-9/h6,8,11H,5H2,1-3H3. The van der Waals surface area contributed by atoms with E-state index in [0.717, 1.165) is 0 Å². The molecule has 6 heteroatoms. The van der Waals surface area contributed by atoms with Crippen LogP contribution in [0.5, 0.6) is 0 Å². The molecule has 0 aliphatic carbocycles. The van der Waals surface area contributed by atoms with Crippen LogP contribution in [0.1, 0.15) is 19.7 Å². The molecule has 0 saturated heterocycles. The number of thioether (sulfide) groups is 1. The van der Waals surface area contributed by atoms with Gasteiger partial charge in [0.25, 0.3) is 5.22 Å². The lowest BCUT2D eigenvalue weighted by molar-refractivity contribution is 0.428. The number of nitrogens with zero attached hydrogens (tertiary/aromatic N) is 3. The van der Waals surface area contributed by atoms with Gasteiger partial charge in [0, 0.05) is 18.7 Å². The molecule has 0 spiro atoms. The molecule has 0 aliphatic rings. The predicted octanol–water partition coefficient (Wildman–Crippen LogP) is 1.36. The Balaban J connectivity index is 2.38. The molecule has 0 aromatic carbocycles. The number of aryl methyl sites for hydroxylation is 1. The highest BCUT2D eigenvalue weighted by molar-refractivity contribution is 7.99. The normalized spacial score (nSPS) is 12.7. The smallest absolute Gasteiger partial charge is 0.276 e. The van der Waals surface area contributed by atoms with Gasteiger partial charge in [0.15, 0.2) is 0 Å². The summed E-state index contributed by atoms with van der Waals surface area (Å²) in [4.78, 5) is 0. The summed E-state index contributed by atoms with van der Waals surface area (Å²) in [7, 11) is 0. The van der Waals surface area contributed by atoms with Crippen molar-refractivity contribution in [3.05, 3.63) is 5.89 Å². The summed E-state index contributed by atoms with van der Waals surface area (Å²) < 4.78 is 5.19. The van der Waals surface area contributed by atoms with Gasteiger partial charge in [-0.05, 0) is 13.8 Å². The Morgan fingerprint density at radius 1 is 1.53 bits per heavy atom. The molecule has 0 aliphatic heterocycles. The van der Waals surface area contributed by atoms with Crippen LogP contribution in [0.3, 0.4) is 0 Å². The molecule has 1 aromatic rings. The Morgan fingerprint density at radius 2 is 2.27 bits per heavy atom. The maximum Gasteiger partial charge on any atom is 0.276 e. The third kappa shape index (κ3) is 4.32. The molecule has 0 radical (unpaired) electrons. The zero-order chi connectivity index (χ0) is 11.3. The van der Waals surface area contributed by atoms with Crippen molar-refractivity contribution in [2.45, 2.75) is 38.1 Å². The van der Waals surface area contributed by atoms with E-state index in [1.165, 1.54) is 11.8 Å². The summed E-state index contributed by atoms with van der Waals surface area (Å²) in [5.41, 5.74) is 0. The van der Waals surface area contributed by atoms with Crippen LogP contribution in [-0.2, 0) is 0 Å². The SMILES string of the molecule is Cc1nnc(SCC(C#N)NC(C)C)o1. The highest BCUT2D eigenvalue weighted by atomic mass is 32.2. The van der Waals surface area contributed by atoms with Gasteiger partial charge < -0.3 is 4.42 Å². The lowest BCUT2D eigenvalue weighted by Crippen LogP contribution is -2.35. The third-order valence-electron chi connectivity index (χ3n) is 1.57. The Morgan fingerprint density at radius 3 is 2.73 bits per heavy atom. The van der Waals surface area contributed by atoms with Gasteiger partial charge in [0.05, 0.1) is 6.07 Å². The molecular formula is C9H14N4OS. The van der Waals surface area contributed by atoms with E-state index in [9.17, 15) is 0 Å². The van der Waals surface area contributed by atoms with Gasteiger partial charge >= 0.3 is 0 Å². The molecule has 1 rings (SSSR count). The van der Waals surface area contributed by atoms with Gasteiger partial charge in [-0.25, -0.2) is 0 Å². The van der Waals surface area contributed by atoms with Gasteiger partial charge in [-0.3, -0.25) is 5.32 Å². The molecule has 82 valence electrons. The van der Waals surface area contributed by atoms with Crippen molar-refractivity contribution in [3.63, 3.8) is 0 Å². The first kappa shape index (κ1) is 12.0. The fourth-order valence-corrected chi connectivity index (χ4v) is 1.77. The lowest BCUT2D eigenvalue weighted by Gasteiger charge is -2.12. The summed E-state index contributed by atoms with van der Waals surface area (Å²) in [6.07, 6.45) is 0. The largest absolute Gasteiger partial charge is 0.416 e. The van der Waals surface area contributed by atoms with Gasteiger partial charge in [-0.2, -0.15) is 5.26 Å².